The Balaban J connectivity index is 4.12. The zero-order valence-electron chi connectivity index (χ0n) is 8.12. The lowest BCUT2D eigenvalue weighted by atomic mass is 10.1. The molecule has 3 N–H and O–H groups in total. The Hall–Kier alpha value is -0.910. The summed E-state index contributed by atoms with van der Waals surface area (Å²) >= 11 is 0. The third-order valence-corrected chi connectivity index (χ3v) is 2.10. The molecule has 88 valence electrons. The largest absolute Gasteiger partial charge is 0.481 e. The number of aliphatic carboxylic acids is 2. The highest BCUT2D eigenvalue weighted by Gasteiger charge is 2.25. The van der Waals surface area contributed by atoms with Gasteiger partial charge < -0.3 is 15.1 Å². The minimum Gasteiger partial charge on any atom is -0.481 e. The van der Waals surface area contributed by atoms with Crippen molar-refractivity contribution in [3.8, 4) is 0 Å². The Bertz CT molecular complexity index is 281. The fraction of sp³-hybridized carbons (Fsp3) is 0.714. The van der Waals surface area contributed by atoms with E-state index in [0.29, 0.717) is 0 Å². The van der Waals surface area contributed by atoms with E-state index in [0.717, 1.165) is 6.66 Å². The predicted molar refractivity (Wildman–Crippen MR) is 49.7 cm³/mol. The highest BCUT2D eigenvalue weighted by Crippen LogP contribution is 2.39. The molecule has 0 rings (SSSR count). The first-order valence-corrected chi connectivity index (χ1v) is 6.18. The number of hydrogen-bond donors (Lipinski definition) is 3. The van der Waals surface area contributed by atoms with E-state index in [-0.39, 0.29) is 19.3 Å². The van der Waals surface area contributed by atoms with Crippen LogP contribution in [0.25, 0.3) is 0 Å². The van der Waals surface area contributed by atoms with Crippen molar-refractivity contribution in [2.24, 2.45) is 0 Å². The van der Waals surface area contributed by atoms with Crippen LogP contribution in [-0.2, 0) is 18.7 Å². The topological polar surface area (TPSA) is 121 Å². The maximum Gasteiger partial charge on any atom is 0.333 e. The smallest absolute Gasteiger partial charge is 0.333 e. The maximum atomic E-state index is 10.8. The van der Waals surface area contributed by atoms with Crippen LogP contribution >= 0.6 is 7.60 Å². The quantitative estimate of drug-likeness (QED) is 0.554. The van der Waals surface area contributed by atoms with Gasteiger partial charge in [-0.05, 0) is 12.8 Å². The molecule has 0 aromatic heterocycles. The van der Waals surface area contributed by atoms with Crippen LogP contribution in [0.4, 0.5) is 0 Å². The van der Waals surface area contributed by atoms with E-state index in [2.05, 4.69) is 4.52 Å². The van der Waals surface area contributed by atoms with Crippen LogP contribution in [0.1, 0.15) is 19.3 Å². The molecule has 7 nitrogen and oxygen atoms in total. The minimum atomic E-state index is -3.87. The SMILES string of the molecule is CP(=O)(O)OC(CCCC(=O)O)C(=O)O. The van der Waals surface area contributed by atoms with Crippen molar-refractivity contribution in [2.45, 2.75) is 25.4 Å². The second kappa shape index (κ2) is 5.85. The molecule has 8 heteroatoms. The molecule has 0 aromatic rings. The third kappa shape index (κ3) is 8.11. The van der Waals surface area contributed by atoms with Crippen molar-refractivity contribution >= 4 is 19.5 Å². The number of carboxylic acid groups (broad SMARTS) is 2. The number of hydrogen-bond acceptors (Lipinski definition) is 4. The van der Waals surface area contributed by atoms with Gasteiger partial charge in [0.15, 0.2) is 6.10 Å². The Kier molecular flexibility index (Phi) is 5.49. The van der Waals surface area contributed by atoms with Crippen molar-refractivity contribution in [1.29, 1.82) is 0 Å². The molecule has 0 aliphatic rings. The average molecular weight is 240 g/mol. The van der Waals surface area contributed by atoms with Crippen LogP contribution in [0.5, 0.6) is 0 Å². The molecule has 0 aliphatic carbocycles. The zero-order chi connectivity index (χ0) is 12.1. The van der Waals surface area contributed by atoms with E-state index in [9.17, 15) is 14.2 Å². The van der Waals surface area contributed by atoms with Crippen molar-refractivity contribution in [2.75, 3.05) is 6.66 Å². The van der Waals surface area contributed by atoms with Gasteiger partial charge >= 0.3 is 19.5 Å². The van der Waals surface area contributed by atoms with Gasteiger partial charge in [0.1, 0.15) is 0 Å². The fourth-order valence-corrected chi connectivity index (χ4v) is 1.56. The van der Waals surface area contributed by atoms with Gasteiger partial charge in [0.05, 0.1) is 0 Å². The van der Waals surface area contributed by atoms with E-state index in [1.807, 2.05) is 0 Å². The van der Waals surface area contributed by atoms with E-state index in [1.165, 1.54) is 0 Å². The summed E-state index contributed by atoms with van der Waals surface area (Å²) in [6, 6.07) is 0. The highest BCUT2D eigenvalue weighted by atomic mass is 31.2. The fourth-order valence-electron chi connectivity index (χ4n) is 0.896. The standard InChI is InChI=1S/C7H13O7P/c1-15(12,13)14-5(7(10)11)3-2-4-6(8)9/h5H,2-4H2,1H3,(H,8,9)(H,10,11)(H,12,13). The van der Waals surface area contributed by atoms with Crippen LogP contribution < -0.4 is 0 Å². The maximum absolute atomic E-state index is 10.8. The molecule has 2 atom stereocenters. The van der Waals surface area contributed by atoms with Crippen molar-refractivity contribution in [1.82, 2.24) is 0 Å². The molecule has 15 heavy (non-hydrogen) atoms. The van der Waals surface area contributed by atoms with Gasteiger partial charge in [-0.15, -0.1) is 0 Å². The molecule has 0 heterocycles. The first-order valence-electron chi connectivity index (χ1n) is 4.15. The second-order valence-electron chi connectivity index (χ2n) is 3.02. The molecule has 0 saturated heterocycles. The Labute approximate surface area is 86.2 Å². The van der Waals surface area contributed by atoms with Crippen LogP contribution in [0.3, 0.4) is 0 Å². The minimum absolute atomic E-state index is 0.0757. The number of carboxylic acids is 2. The summed E-state index contributed by atoms with van der Waals surface area (Å²) in [5.41, 5.74) is 0. The molecule has 0 aliphatic heterocycles. The molecule has 0 spiro atoms. The van der Waals surface area contributed by atoms with Gasteiger partial charge in [0.2, 0.25) is 0 Å². The molecule has 0 radical (unpaired) electrons. The summed E-state index contributed by atoms with van der Waals surface area (Å²) in [6.45, 7) is 0.875. The summed E-state index contributed by atoms with van der Waals surface area (Å²) in [6.07, 6.45) is -1.68. The normalized spacial score (nSPS) is 16.7. The van der Waals surface area contributed by atoms with Crippen LogP contribution in [0.15, 0.2) is 0 Å². The molecular formula is C7H13O7P. The van der Waals surface area contributed by atoms with Crippen LogP contribution in [-0.4, -0.2) is 39.8 Å². The summed E-state index contributed by atoms with van der Waals surface area (Å²) in [7, 11) is -3.87. The van der Waals surface area contributed by atoms with E-state index in [4.69, 9.17) is 15.1 Å². The number of carbonyl (C=O) groups is 2. The van der Waals surface area contributed by atoms with E-state index >= 15 is 0 Å². The monoisotopic (exact) mass is 240 g/mol. The molecule has 0 bridgehead atoms. The van der Waals surface area contributed by atoms with E-state index < -0.39 is 25.6 Å². The van der Waals surface area contributed by atoms with E-state index in [1.54, 1.807) is 0 Å². The van der Waals surface area contributed by atoms with Gasteiger partial charge in [-0.3, -0.25) is 13.9 Å². The zero-order valence-corrected chi connectivity index (χ0v) is 9.01. The van der Waals surface area contributed by atoms with Gasteiger partial charge in [-0.1, -0.05) is 0 Å². The molecule has 0 fully saturated rings. The molecule has 0 aromatic carbocycles. The number of rotatable bonds is 7. The van der Waals surface area contributed by atoms with Gasteiger partial charge in [-0.2, -0.15) is 0 Å². The molecular weight excluding hydrogens is 227 g/mol. The Morgan fingerprint density at radius 1 is 1.40 bits per heavy atom. The highest BCUT2D eigenvalue weighted by molar-refractivity contribution is 7.51. The Morgan fingerprint density at radius 2 is 1.93 bits per heavy atom. The molecule has 0 saturated carbocycles. The third-order valence-electron chi connectivity index (χ3n) is 1.46. The van der Waals surface area contributed by atoms with Gasteiger partial charge in [0, 0.05) is 13.1 Å². The van der Waals surface area contributed by atoms with Crippen molar-refractivity contribution < 1.29 is 33.8 Å². The molecule has 0 amide bonds. The lowest BCUT2D eigenvalue weighted by Crippen LogP contribution is -2.22. The van der Waals surface area contributed by atoms with Crippen LogP contribution in [0.2, 0.25) is 0 Å². The molecule has 2 unspecified atom stereocenters. The van der Waals surface area contributed by atoms with Gasteiger partial charge in [-0.25, -0.2) is 4.79 Å². The summed E-state index contributed by atoms with van der Waals surface area (Å²) in [5.74, 6) is -2.43. The predicted octanol–water partition coefficient (Wildman–Crippen LogP) is 0.526. The van der Waals surface area contributed by atoms with Crippen molar-refractivity contribution in [3.05, 3.63) is 0 Å². The second-order valence-corrected chi connectivity index (χ2v) is 4.84. The summed E-state index contributed by atoms with van der Waals surface area (Å²) < 4.78 is 15.2. The lowest BCUT2D eigenvalue weighted by Gasteiger charge is -2.14. The average Bonchev–Trinajstić information content (AvgIpc) is 1.99. The lowest BCUT2D eigenvalue weighted by molar-refractivity contribution is -0.146. The first kappa shape index (κ1) is 14.1. The summed E-state index contributed by atoms with van der Waals surface area (Å²) in [5, 5.41) is 16.9. The first-order chi connectivity index (χ1) is 6.72. The Morgan fingerprint density at radius 3 is 2.27 bits per heavy atom. The van der Waals surface area contributed by atoms with Gasteiger partial charge in [0.25, 0.3) is 0 Å². The van der Waals surface area contributed by atoms with Crippen LogP contribution in [0, 0.1) is 0 Å². The summed E-state index contributed by atoms with van der Waals surface area (Å²) in [4.78, 5) is 29.5. The van der Waals surface area contributed by atoms with Crippen molar-refractivity contribution in [3.63, 3.8) is 0 Å².